The number of Topliss-reactive ketones (excluding diaryl/α,β-unsaturated/α-hetero) is 1. The SMILES string of the molecule is CC(=O)c1ccc(NC(=O)CSc2nnc(-c3cccc(N)c3)n2-c2ccccc2)cc1. The highest BCUT2D eigenvalue weighted by atomic mass is 32.2. The fourth-order valence-corrected chi connectivity index (χ4v) is 3.91. The third-order valence-corrected chi connectivity index (χ3v) is 5.63. The summed E-state index contributed by atoms with van der Waals surface area (Å²) >= 11 is 1.29. The van der Waals surface area contributed by atoms with Crippen molar-refractivity contribution in [3.8, 4) is 17.1 Å². The second-order valence-electron chi connectivity index (χ2n) is 7.07. The number of benzene rings is 3. The zero-order valence-electron chi connectivity index (χ0n) is 17.4. The highest BCUT2D eigenvalue weighted by Gasteiger charge is 2.17. The molecule has 0 aliphatic heterocycles. The van der Waals surface area contributed by atoms with E-state index in [1.807, 2.05) is 59.2 Å². The zero-order chi connectivity index (χ0) is 22.5. The predicted molar refractivity (Wildman–Crippen MR) is 127 cm³/mol. The first-order chi connectivity index (χ1) is 15.5. The molecule has 0 radical (unpaired) electrons. The number of carbonyl (C=O) groups excluding carboxylic acids is 2. The number of ketones is 1. The van der Waals surface area contributed by atoms with Crippen LogP contribution in [-0.2, 0) is 4.79 Å². The first kappa shape index (κ1) is 21.3. The Morgan fingerprint density at radius 1 is 0.969 bits per heavy atom. The van der Waals surface area contributed by atoms with Crippen LogP contribution in [0.1, 0.15) is 17.3 Å². The van der Waals surface area contributed by atoms with Crippen LogP contribution in [0.4, 0.5) is 11.4 Å². The zero-order valence-corrected chi connectivity index (χ0v) is 18.2. The topological polar surface area (TPSA) is 103 Å². The van der Waals surface area contributed by atoms with E-state index >= 15 is 0 Å². The second-order valence-corrected chi connectivity index (χ2v) is 8.02. The van der Waals surface area contributed by atoms with E-state index < -0.39 is 0 Å². The third kappa shape index (κ3) is 4.87. The predicted octanol–water partition coefficient (Wildman–Crippen LogP) is 4.45. The molecule has 0 atom stereocenters. The van der Waals surface area contributed by atoms with E-state index in [9.17, 15) is 9.59 Å². The fraction of sp³-hybridized carbons (Fsp3) is 0.0833. The molecule has 8 heteroatoms. The quantitative estimate of drug-likeness (QED) is 0.248. The van der Waals surface area contributed by atoms with E-state index in [1.54, 1.807) is 24.3 Å². The Labute approximate surface area is 189 Å². The number of nitrogens with zero attached hydrogens (tertiary/aromatic N) is 3. The monoisotopic (exact) mass is 443 g/mol. The summed E-state index contributed by atoms with van der Waals surface area (Å²) in [7, 11) is 0. The largest absolute Gasteiger partial charge is 0.399 e. The number of nitrogens with one attached hydrogen (secondary N) is 1. The summed E-state index contributed by atoms with van der Waals surface area (Å²) in [5.74, 6) is 0.593. The van der Waals surface area contributed by atoms with Crippen molar-refractivity contribution in [3.05, 3.63) is 84.4 Å². The summed E-state index contributed by atoms with van der Waals surface area (Å²) in [5.41, 5.74) is 9.54. The number of aromatic nitrogens is 3. The lowest BCUT2D eigenvalue weighted by Crippen LogP contribution is -2.14. The Bertz CT molecular complexity index is 1250. The van der Waals surface area contributed by atoms with Crippen LogP contribution in [0.5, 0.6) is 0 Å². The van der Waals surface area contributed by atoms with Gasteiger partial charge in [0.2, 0.25) is 5.91 Å². The number of anilines is 2. The maximum absolute atomic E-state index is 12.5. The van der Waals surface area contributed by atoms with Gasteiger partial charge >= 0.3 is 0 Å². The van der Waals surface area contributed by atoms with Crippen LogP contribution >= 0.6 is 11.8 Å². The van der Waals surface area contributed by atoms with Gasteiger partial charge in [-0.05, 0) is 55.5 Å². The minimum atomic E-state index is -0.182. The van der Waals surface area contributed by atoms with Crippen LogP contribution in [-0.4, -0.2) is 32.2 Å². The number of amides is 1. The van der Waals surface area contributed by atoms with Crippen molar-refractivity contribution >= 4 is 34.8 Å². The van der Waals surface area contributed by atoms with Gasteiger partial charge in [-0.25, -0.2) is 0 Å². The smallest absolute Gasteiger partial charge is 0.234 e. The lowest BCUT2D eigenvalue weighted by Gasteiger charge is -2.11. The first-order valence-electron chi connectivity index (χ1n) is 9.91. The summed E-state index contributed by atoms with van der Waals surface area (Å²) in [6.07, 6.45) is 0. The van der Waals surface area contributed by atoms with Gasteiger partial charge < -0.3 is 11.1 Å². The van der Waals surface area contributed by atoms with Gasteiger partial charge in [-0.15, -0.1) is 10.2 Å². The van der Waals surface area contributed by atoms with E-state index in [0.29, 0.717) is 27.9 Å². The first-order valence-corrected chi connectivity index (χ1v) is 10.9. The van der Waals surface area contributed by atoms with E-state index in [4.69, 9.17) is 5.73 Å². The average Bonchev–Trinajstić information content (AvgIpc) is 3.23. The van der Waals surface area contributed by atoms with Gasteiger partial charge in [0.15, 0.2) is 16.8 Å². The van der Waals surface area contributed by atoms with Crippen LogP contribution in [0.3, 0.4) is 0 Å². The van der Waals surface area contributed by atoms with Crippen molar-refractivity contribution in [3.63, 3.8) is 0 Å². The summed E-state index contributed by atoms with van der Waals surface area (Å²) < 4.78 is 1.91. The summed E-state index contributed by atoms with van der Waals surface area (Å²) in [6, 6.07) is 24.0. The molecule has 1 aromatic heterocycles. The number of hydrogen-bond acceptors (Lipinski definition) is 6. The highest BCUT2D eigenvalue weighted by molar-refractivity contribution is 7.99. The summed E-state index contributed by atoms with van der Waals surface area (Å²) in [4.78, 5) is 23.9. The van der Waals surface area contributed by atoms with Gasteiger partial charge in [0, 0.05) is 28.2 Å². The lowest BCUT2D eigenvalue weighted by atomic mass is 10.1. The molecular weight excluding hydrogens is 422 g/mol. The van der Waals surface area contributed by atoms with Crippen molar-refractivity contribution < 1.29 is 9.59 Å². The van der Waals surface area contributed by atoms with Crippen LogP contribution < -0.4 is 11.1 Å². The lowest BCUT2D eigenvalue weighted by molar-refractivity contribution is -0.113. The van der Waals surface area contributed by atoms with Gasteiger partial charge in [-0.2, -0.15) is 0 Å². The maximum Gasteiger partial charge on any atom is 0.234 e. The van der Waals surface area contributed by atoms with Gasteiger partial charge in [0.25, 0.3) is 0 Å². The van der Waals surface area contributed by atoms with E-state index in [1.165, 1.54) is 18.7 Å². The molecule has 0 saturated heterocycles. The number of nitrogens with two attached hydrogens (primary N) is 1. The molecule has 160 valence electrons. The number of rotatable bonds is 7. The molecule has 1 heterocycles. The van der Waals surface area contributed by atoms with Crippen molar-refractivity contribution in [1.82, 2.24) is 14.8 Å². The molecule has 3 aromatic carbocycles. The molecule has 3 N–H and O–H groups in total. The Morgan fingerprint density at radius 3 is 2.41 bits per heavy atom. The van der Waals surface area contributed by atoms with E-state index in [2.05, 4.69) is 15.5 Å². The average molecular weight is 444 g/mol. The number of para-hydroxylation sites is 1. The van der Waals surface area contributed by atoms with Gasteiger partial charge in [0.05, 0.1) is 5.75 Å². The van der Waals surface area contributed by atoms with Crippen LogP contribution in [0.25, 0.3) is 17.1 Å². The minimum absolute atomic E-state index is 0.0188. The van der Waals surface area contributed by atoms with Crippen molar-refractivity contribution in [2.75, 3.05) is 16.8 Å². The highest BCUT2D eigenvalue weighted by Crippen LogP contribution is 2.28. The molecule has 1 amide bonds. The molecule has 0 saturated carbocycles. The number of nitrogen functional groups attached to an aromatic ring is 1. The van der Waals surface area contributed by atoms with Crippen LogP contribution in [0, 0.1) is 0 Å². The Kier molecular flexibility index (Phi) is 6.32. The summed E-state index contributed by atoms with van der Waals surface area (Å²) in [6.45, 7) is 1.51. The fourth-order valence-electron chi connectivity index (χ4n) is 3.15. The summed E-state index contributed by atoms with van der Waals surface area (Å²) in [5, 5.41) is 12.1. The normalized spacial score (nSPS) is 10.7. The molecule has 4 rings (SSSR count). The molecule has 32 heavy (non-hydrogen) atoms. The molecule has 0 spiro atoms. The van der Waals surface area contributed by atoms with Gasteiger partial charge in [0.1, 0.15) is 0 Å². The van der Waals surface area contributed by atoms with Gasteiger partial charge in [-0.3, -0.25) is 14.2 Å². The Balaban J connectivity index is 1.54. The van der Waals surface area contributed by atoms with E-state index in [-0.39, 0.29) is 17.4 Å². The number of hydrogen-bond donors (Lipinski definition) is 2. The van der Waals surface area contributed by atoms with E-state index in [0.717, 1.165) is 11.3 Å². The maximum atomic E-state index is 12.5. The molecule has 0 unspecified atom stereocenters. The third-order valence-electron chi connectivity index (χ3n) is 4.70. The second kappa shape index (κ2) is 9.49. The Hall–Kier alpha value is -3.91. The van der Waals surface area contributed by atoms with Crippen molar-refractivity contribution in [1.29, 1.82) is 0 Å². The van der Waals surface area contributed by atoms with Crippen LogP contribution in [0.15, 0.2) is 84.0 Å². The van der Waals surface area contributed by atoms with Gasteiger partial charge in [-0.1, -0.05) is 42.1 Å². The number of thioether (sulfide) groups is 1. The van der Waals surface area contributed by atoms with Crippen molar-refractivity contribution in [2.24, 2.45) is 0 Å². The molecule has 0 fully saturated rings. The molecule has 0 aliphatic rings. The Morgan fingerprint density at radius 2 is 1.72 bits per heavy atom. The standard InChI is InChI=1S/C24H21N5O2S/c1-16(30)17-10-12-20(13-11-17)26-22(31)15-32-24-28-27-23(18-6-5-7-19(25)14-18)29(24)21-8-3-2-4-9-21/h2-14H,15,25H2,1H3,(H,26,31). The molecule has 7 nitrogen and oxygen atoms in total. The van der Waals surface area contributed by atoms with Crippen LogP contribution in [0.2, 0.25) is 0 Å². The molecule has 0 aliphatic carbocycles. The minimum Gasteiger partial charge on any atom is -0.399 e. The molecule has 4 aromatic rings. The number of carbonyl (C=O) groups is 2. The molecule has 0 bridgehead atoms. The molecular formula is C24H21N5O2S. The van der Waals surface area contributed by atoms with Crippen molar-refractivity contribution in [2.45, 2.75) is 12.1 Å².